The van der Waals surface area contributed by atoms with Gasteiger partial charge in [0, 0.05) is 17.5 Å². The minimum absolute atomic E-state index is 0. The van der Waals surface area contributed by atoms with Gasteiger partial charge < -0.3 is 19.6 Å². The Morgan fingerprint density at radius 1 is 1.00 bits per heavy atom. The number of rotatable bonds is 8. The molecule has 1 atom stereocenters. The van der Waals surface area contributed by atoms with Crippen molar-refractivity contribution in [1.82, 2.24) is 0 Å². The highest BCUT2D eigenvalue weighted by molar-refractivity contribution is 6.28. The zero-order valence-electron chi connectivity index (χ0n) is 16.5. The van der Waals surface area contributed by atoms with Crippen LogP contribution in [-0.4, -0.2) is 48.5 Å². The fourth-order valence-electron chi connectivity index (χ4n) is 2.83. The van der Waals surface area contributed by atoms with Gasteiger partial charge in [0.05, 0.1) is 18.8 Å². The van der Waals surface area contributed by atoms with Gasteiger partial charge in [0.15, 0.2) is 17.3 Å². The van der Waals surface area contributed by atoms with Gasteiger partial charge in [-0.25, -0.2) is 0 Å². The number of carbonyl (C=O) groups excluding carboxylic acids is 5. The van der Waals surface area contributed by atoms with Crippen molar-refractivity contribution in [3.8, 4) is 0 Å². The molecule has 0 radical (unpaired) electrons. The number of ketones is 3. The molecule has 0 fully saturated rings. The number of ether oxygens (including phenoxy) is 2. The van der Waals surface area contributed by atoms with E-state index in [1.165, 1.54) is 25.1 Å². The lowest BCUT2D eigenvalue weighted by Crippen LogP contribution is -2.29. The Labute approximate surface area is 183 Å². The number of Topliss-reactive ketones (excluding diaryl/α,β-unsaturated/α-hetero) is 1. The van der Waals surface area contributed by atoms with E-state index >= 15 is 0 Å². The lowest BCUT2D eigenvalue weighted by Gasteiger charge is -2.11. The van der Waals surface area contributed by atoms with Gasteiger partial charge >= 0.3 is 11.9 Å². The minimum atomic E-state index is -0.811. The maximum Gasteiger partial charge on any atom is 0.322 e. The molecule has 10 heteroatoms. The maximum absolute atomic E-state index is 12.5. The fraction of sp³-hybridized carbons (Fsp3) is 0.286. The van der Waals surface area contributed by atoms with Gasteiger partial charge in [0.1, 0.15) is 12.5 Å². The van der Waals surface area contributed by atoms with E-state index in [1.807, 2.05) is 0 Å². The first-order valence-corrected chi connectivity index (χ1v) is 9.23. The topological polar surface area (TPSA) is 143 Å². The van der Waals surface area contributed by atoms with Crippen LogP contribution < -0.4 is 5.73 Å². The Balaban J connectivity index is 0.00000341. The molecule has 0 aliphatic heterocycles. The summed E-state index contributed by atoms with van der Waals surface area (Å²) >= 11 is 0. The standard InChI is InChI=1S/C21H19NO8.ClH/c1-11(22)21(27)29-8-4-7-28-17(24)10-15(23)16-9-14-18(25)12-5-2-3-6-13(12)19(26)20(14)30-16;/h2-3,5-6,9,11H,4,7-8,10,22H2,1H3;1H/t11-;/m0./s1. The summed E-state index contributed by atoms with van der Waals surface area (Å²) in [6.07, 6.45) is -0.379. The third kappa shape index (κ3) is 5.25. The molecule has 0 bridgehead atoms. The van der Waals surface area contributed by atoms with Crippen molar-refractivity contribution < 1.29 is 37.9 Å². The second-order valence-corrected chi connectivity index (χ2v) is 6.69. The van der Waals surface area contributed by atoms with Crippen molar-refractivity contribution in [3.63, 3.8) is 0 Å². The van der Waals surface area contributed by atoms with E-state index in [9.17, 15) is 24.0 Å². The Bertz CT molecular complexity index is 987. The predicted molar refractivity (Wildman–Crippen MR) is 108 cm³/mol. The van der Waals surface area contributed by atoms with E-state index in [2.05, 4.69) is 0 Å². The van der Waals surface area contributed by atoms with Crippen molar-refractivity contribution in [3.05, 3.63) is 58.5 Å². The number of carbonyl (C=O) groups is 5. The van der Waals surface area contributed by atoms with Gasteiger partial charge in [0.25, 0.3) is 0 Å². The number of furan rings is 1. The van der Waals surface area contributed by atoms with E-state index in [4.69, 9.17) is 19.6 Å². The third-order valence-corrected chi connectivity index (χ3v) is 4.35. The Hall–Kier alpha value is -3.30. The maximum atomic E-state index is 12.5. The number of nitrogens with two attached hydrogens (primary N) is 1. The molecule has 0 amide bonds. The first-order valence-electron chi connectivity index (χ1n) is 9.23. The highest BCUT2D eigenvalue weighted by Gasteiger charge is 2.34. The van der Waals surface area contributed by atoms with Crippen LogP contribution in [-0.2, 0) is 19.1 Å². The molecule has 2 N–H and O–H groups in total. The summed E-state index contributed by atoms with van der Waals surface area (Å²) < 4.78 is 15.0. The van der Waals surface area contributed by atoms with Crippen LogP contribution in [0.3, 0.4) is 0 Å². The number of benzene rings is 1. The summed E-state index contributed by atoms with van der Waals surface area (Å²) in [5.41, 5.74) is 5.77. The molecule has 31 heavy (non-hydrogen) atoms. The summed E-state index contributed by atoms with van der Waals surface area (Å²) in [7, 11) is 0. The van der Waals surface area contributed by atoms with Crippen molar-refractivity contribution in [2.75, 3.05) is 13.2 Å². The quantitative estimate of drug-likeness (QED) is 0.236. The second-order valence-electron chi connectivity index (χ2n) is 6.69. The Morgan fingerprint density at radius 3 is 2.26 bits per heavy atom. The van der Waals surface area contributed by atoms with E-state index < -0.39 is 41.8 Å². The summed E-state index contributed by atoms with van der Waals surface area (Å²) in [4.78, 5) is 60.4. The Kier molecular flexibility index (Phi) is 7.84. The minimum Gasteiger partial charge on any atom is -0.465 e. The lowest BCUT2D eigenvalue weighted by molar-refractivity contribution is -0.146. The van der Waals surface area contributed by atoms with Crippen molar-refractivity contribution in [2.24, 2.45) is 5.73 Å². The van der Waals surface area contributed by atoms with Crippen molar-refractivity contribution in [2.45, 2.75) is 25.8 Å². The van der Waals surface area contributed by atoms with Crippen molar-refractivity contribution >= 4 is 41.7 Å². The number of halogens is 1. The average molecular weight is 450 g/mol. The van der Waals surface area contributed by atoms with Gasteiger partial charge in [-0.2, -0.15) is 0 Å². The number of hydrogen-bond acceptors (Lipinski definition) is 9. The van der Waals surface area contributed by atoms with Gasteiger partial charge in [-0.3, -0.25) is 24.0 Å². The molecule has 0 unspecified atom stereocenters. The number of esters is 2. The first kappa shape index (κ1) is 24.0. The molecule has 164 valence electrons. The van der Waals surface area contributed by atoms with Crippen LogP contribution in [0.1, 0.15) is 62.4 Å². The van der Waals surface area contributed by atoms with Gasteiger partial charge in [-0.05, 0) is 13.0 Å². The summed E-state index contributed by atoms with van der Waals surface area (Å²) in [6.45, 7) is 1.46. The van der Waals surface area contributed by atoms with Crippen LogP contribution in [0.15, 0.2) is 34.7 Å². The summed E-state index contributed by atoms with van der Waals surface area (Å²) in [5.74, 6) is -3.50. The van der Waals surface area contributed by atoms with Crippen molar-refractivity contribution in [1.29, 1.82) is 0 Å². The molecule has 2 aromatic rings. The average Bonchev–Trinajstić information content (AvgIpc) is 3.17. The van der Waals surface area contributed by atoms with Crippen LogP contribution in [0.5, 0.6) is 0 Å². The molecular weight excluding hydrogens is 430 g/mol. The van der Waals surface area contributed by atoms with Crippen LogP contribution in [0.25, 0.3) is 0 Å². The monoisotopic (exact) mass is 449 g/mol. The molecule has 0 saturated heterocycles. The SMILES string of the molecule is C[C@H](N)C(=O)OCCCOC(=O)CC(=O)c1cc2c(o1)C(=O)c1ccccc1C2=O.Cl. The van der Waals surface area contributed by atoms with E-state index in [0.29, 0.717) is 0 Å². The van der Waals surface area contributed by atoms with Crippen LogP contribution in [0, 0.1) is 0 Å². The number of fused-ring (bicyclic) bond motifs is 2. The lowest BCUT2D eigenvalue weighted by atomic mass is 9.88. The molecular formula is C21H20ClNO8. The second kappa shape index (κ2) is 10.1. The molecule has 1 aliphatic carbocycles. The zero-order valence-corrected chi connectivity index (χ0v) is 17.4. The third-order valence-electron chi connectivity index (χ3n) is 4.35. The van der Waals surface area contributed by atoms with Crippen LogP contribution in [0.4, 0.5) is 0 Å². The van der Waals surface area contributed by atoms with Gasteiger partial charge in [-0.15, -0.1) is 12.4 Å². The van der Waals surface area contributed by atoms with Gasteiger partial charge in [0.2, 0.25) is 11.6 Å². The Morgan fingerprint density at radius 2 is 1.61 bits per heavy atom. The molecule has 1 aromatic heterocycles. The highest BCUT2D eigenvalue weighted by Crippen LogP contribution is 2.30. The van der Waals surface area contributed by atoms with E-state index in [0.717, 1.165) is 0 Å². The zero-order chi connectivity index (χ0) is 21.8. The number of hydrogen-bond donors (Lipinski definition) is 1. The smallest absolute Gasteiger partial charge is 0.322 e. The fourth-order valence-corrected chi connectivity index (χ4v) is 2.83. The molecule has 1 heterocycles. The normalized spacial score (nSPS) is 12.8. The largest absolute Gasteiger partial charge is 0.465 e. The first-order chi connectivity index (χ1) is 14.3. The molecule has 0 spiro atoms. The molecule has 3 rings (SSSR count). The van der Waals surface area contributed by atoms with Gasteiger partial charge in [-0.1, -0.05) is 24.3 Å². The van der Waals surface area contributed by atoms with Crippen LogP contribution >= 0.6 is 12.4 Å². The molecule has 1 aromatic carbocycles. The summed E-state index contributed by atoms with van der Waals surface area (Å²) in [5, 5.41) is 0. The predicted octanol–water partition coefficient (Wildman–Crippen LogP) is 1.87. The summed E-state index contributed by atoms with van der Waals surface area (Å²) in [6, 6.07) is 6.72. The van der Waals surface area contributed by atoms with E-state index in [1.54, 1.807) is 12.1 Å². The van der Waals surface area contributed by atoms with E-state index in [-0.39, 0.29) is 60.3 Å². The molecule has 9 nitrogen and oxygen atoms in total. The highest BCUT2D eigenvalue weighted by atomic mass is 35.5. The molecule has 0 saturated carbocycles. The van der Waals surface area contributed by atoms with Crippen LogP contribution in [0.2, 0.25) is 0 Å². The molecule has 1 aliphatic rings.